The first-order chi connectivity index (χ1) is 14.3. The number of cyclic esters (lactones) is 1. The summed E-state index contributed by atoms with van der Waals surface area (Å²) in [5.74, 6) is -0.723. The lowest BCUT2D eigenvalue weighted by Crippen LogP contribution is -2.39. The summed E-state index contributed by atoms with van der Waals surface area (Å²) in [5, 5.41) is 0. The smallest absolute Gasteiger partial charge is 0.348 e. The Balaban J connectivity index is 1.74. The molecule has 0 aliphatic carbocycles. The third-order valence-electron chi connectivity index (χ3n) is 5.89. The van der Waals surface area contributed by atoms with Crippen LogP contribution in [-0.4, -0.2) is 40.4 Å². The molecule has 0 unspecified atom stereocenters. The number of fused-ring (bicyclic) bond motifs is 2. The summed E-state index contributed by atoms with van der Waals surface area (Å²) < 4.78 is 12.2. The van der Waals surface area contributed by atoms with E-state index in [0.717, 1.165) is 13.8 Å². The molecular formula is C18H20N6O6. The zero-order valence-corrected chi connectivity index (χ0v) is 16.4. The molecule has 0 N–H and O–H groups in total. The second-order valence-corrected chi connectivity index (χ2v) is 7.71. The third kappa shape index (κ3) is 2.30. The van der Waals surface area contributed by atoms with Gasteiger partial charge in [0.1, 0.15) is 12.6 Å². The van der Waals surface area contributed by atoms with Gasteiger partial charge in [-0.25, -0.2) is 51.8 Å². The highest BCUT2D eigenvalue weighted by atomic mass is 16.5. The van der Waals surface area contributed by atoms with Crippen LogP contribution in [0.2, 0.25) is 0 Å². The van der Waals surface area contributed by atoms with E-state index in [1.165, 1.54) is 20.1 Å². The van der Waals surface area contributed by atoms with Crippen LogP contribution in [-0.2, 0) is 22.6 Å². The average molecular weight is 416 g/mol. The molecule has 30 heavy (non-hydrogen) atoms. The van der Waals surface area contributed by atoms with Crippen LogP contribution in [0.4, 0.5) is 0 Å². The Morgan fingerprint density at radius 3 is 1.83 bits per heavy atom. The first-order valence-corrected chi connectivity index (χ1v) is 9.72. The lowest BCUT2D eigenvalue weighted by Gasteiger charge is -2.26. The van der Waals surface area contributed by atoms with Crippen molar-refractivity contribution in [3.63, 3.8) is 0 Å². The van der Waals surface area contributed by atoms with E-state index in [1.807, 2.05) is 0 Å². The molecule has 158 valence electrons. The van der Waals surface area contributed by atoms with Crippen molar-refractivity contribution in [1.29, 1.82) is 0 Å². The molecule has 12 nitrogen and oxygen atoms in total. The van der Waals surface area contributed by atoms with Gasteiger partial charge in [0, 0.05) is 0 Å². The highest BCUT2D eigenvalue weighted by Crippen LogP contribution is 2.22. The fraction of sp³-hybridized carbons (Fsp3) is 0.500. The predicted octanol–water partition coefficient (Wildman–Crippen LogP) is -1.46. The molecule has 5 rings (SSSR count). The number of hydrogen-bond acceptors (Lipinski definition) is 6. The van der Waals surface area contributed by atoms with Crippen molar-refractivity contribution in [2.75, 3.05) is 6.61 Å². The Labute approximate surface area is 168 Å². The predicted molar refractivity (Wildman–Crippen MR) is 103 cm³/mol. The topological polar surface area (TPSA) is 124 Å². The standard InChI is InChI=1S/C18H20N6O6/c1-10-3-5-12-9-30-14(25)13-6-4-11(2)22-16(27)20(18(29)24(13)22)8-7-19-15(26)21(10)23(12)17(19)28/h3-6,10-13H,7-9H2,1-2H3/t10-,11-,12-,13-/m0/s1. The van der Waals surface area contributed by atoms with E-state index in [0.29, 0.717) is 0 Å². The molecule has 4 bridgehead atoms. The Bertz CT molecular complexity index is 1360. The number of nitrogens with zero attached hydrogens (tertiary/aromatic N) is 6. The fourth-order valence-corrected chi connectivity index (χ4v) is 4.34. The number of ether oxygens (including phenoxy) is 1. The molecule has 3 aliphatic rings. The molecule has 0 amide bonds. The van der Waals surface area contributed by atoms with Gasteiger partial charge in [-0.3, -0.25) is 0 Å². The van der Waals surface area contributed by atoms with Gasteiger partial charge in [0.2, 0.25) is 0 Å². The third-order valence-corrected chi connectivity index (χ3v) is 5.89. The monoisotopic (exact) mass is 416 g/mol. The van der Waals surface area contributed by atoms with Gasteiger partial charge in [-0.2, -0.15) is 0 Å². The van der Waals surface area contributed by atoms with E-state index in [2.05, 4.69) is 0 Å². The number of esters is 1. The van der Waals surface area contributed by atoms with Crippen molar-refractivity contribution >= 4 is 5.97 Å². The Morgan fingerprint density at radius 2 is 1.20 bits per heavy atom. The Kier molecular flexibility index (Phi) is 3.82. The summed E-state index contributed by atoms with van der Waals surface area (Å²) in [6, 6.07) is -2.55. The van der Waals surface area contributed by atoms with Crippen molar-refractivity contribution in [2.45, 2.75) is 51.1 Å². The Hall–Kier alpha value is -3.57. The molecule has 0 spiro atoms. The molecule has 5 heterocycles. The van der Waals surface area contributed by atoms with E-state index in [9.17, 15) is 24.0 Å². The van der Waals surface area contributed by atoms with Gasteiger partial charge >= 0.3 is 28.7 Å². The van der Waals surface area contributed by atoms with Crippen molar-refractivity contribution in [3.8, 4) is 0 Å². The number of carbonyl (C=O) groups excluding carboxylic acids is 1. The lowest BCUT2D eigenvalue weighted by atomic mass is 10.2. The average Bonchev–Trinajstić information content (AvgIpc) is 3.12. The summed E-state index contributed by atoms with van der Waals surface area (Å²) >= 11 is 0. The van der Waals surface area contributed by atoms with Gasteiger partial charge in [0.05, 0.1) is 25.2 Å². The lowest BCUT2D eigenvalue weighted by molar-refractivity contribution is -0.147. The molecule has 0 radical (unpaired) electrons. The fourth-order valence-electron chi connectivity index (χ4n) is 4.34. The number of hydrogen-bond donors (Lipinski definition) is 0. The van der Waals surface area contributed by atoms with Crippen molar-refractivity contribution < 1.29 is 9.53 Å². The van der Waals surface area contributed by atoms with Gasteiger partial charge in [0.15, 0.2) is 6.04 Å². The maximum Gasteiger partial charge on any atom is 0.348 e. The number of carbonyl (C=O) groups is 1. The van der Waals surface area contributed by atoms with E-state index in [1.54, 1.807) is 32.1 Å². The largest absolute Gasteiger partial charge is 0.461 e. The maximum absolute atomic E-state index is 13.0. The molecule has 2 aromatic rings. The first kappa shape index (κ1) is 18.5. The molecule has 2 aromatic heterocycles. The van der Waals surface area contributed by atoms with Crippen LogP contribution in [0.25, 0.3) is 0 Å². The Morgan fingerprint density at radius 1 is 0.700 bits per heavy atom. The van der Waals surface area contributed by atoms with Gasteiger partial charge in [0.25, 0.3) is 0 Å². The molecule has 0 saturated carbocycles. The van der Waals surface area contributed by atoms with E-state index in [-0.39, 0.29) is 25.7 Å². The maximum atomic E-state index is 13.0. The van der Waals surface area contributed by atoms with Gasteiger partial charge in [-0.05, 0) is 13.8 Å². The van der Waals surface area contributed by atoms with Crippen LogP contribution < -0.4 is 22.8 Å². The summed E-state index contributed by atoms with van der Waals surface area (Å²) in [6.07, 6.45) is 6.69. The second-order valence-electron chi connectivity index (χ2n) is 7.71. The second kappa shape index (κ2) is 6.21. The molecule has 0 aromatic carbocycles. The molecule has 0 saturated heterocycles. The molecule has 3 aliphatic heterocycles. The summed E-state index contributed by atoms with van der Waals surface area (Å²) in [5.41, 5.74) is -2.43. The van der Waals surface area contributed by atoms with Crippen LogP contribution >= 0.6 is 0 Å². The number of aromatic nitrogens is 6. The first-order valence-electron chi connectivity index (χ1n) is 9.72. The zero-order valence-electron chi connectivity index (χ0n) is 16.4. The summed E-state index contributed by atoms with van der Waals surface area (Å²) in [7, 11) is 0. The van der Waals surface area contributed by atoms with Crippen LogP contribution in [0.15, 0.2) is 43.5 Å². The quantitative estimate of drug-likeness (QED) is 0.382. The summed E-state index contributed by atoms with van der Waals surface area (Å²) in [4.78, 5) is 64.5. The molecular weight excluding hydrogens is 396 g/mol. The van der Waals surface area contributed by atoms with Crippen molar-refractivity contribution in [2.24, 2.45) is 0 Å². The minimum atomic E-state index is -1.09. The van der Waals surface area contributed by atoms with Gasteiger partial charge in [-0.1, -0.05) is 24.3 Å². The minimum Gasteiger partial charge on any atom is -0.461 e. The molecule has 0 fully saturated rings. The highest BCUT2D eigenvalue weighted by molar-refractivity contribution is 5.76. The van der Waals surface area contributed by atoms with Crippen LogP contribution in [0, 0.1) is 0 Å². The normalized spacial score (nSPS) is 27.2. The van der Waals surface area contributed by atoms with Crippen LogP contribution in [0.5, 0.6) is 0 Å². The summed E-state index contributed by atoms with van der Waals surface area (Å²) in [6.45, 7) is 2.97. The zero-order chi connectivity index (χ0) is 21.3. The highest BCUT2D eigenvalue weighted by Gasteiger charge is 2.34. The number of rotatable bonds is 0. The van der Waals surface area contributed by atoms with Gasteiger partial charge in [-0.15, -0.1) is 0 Å². The van der Waals surface area contributed by atoms with E-state index >= 15 is 0 Å². The molecule has 4 atom stereocenters. The van der Waals surface area contributed by atoms with Crippen molar-refractivity contribution in [1.82, 2.24) is 27.9 Å². The van der Waals surface area contributed by atoms with Crippen LogP contribution in [0.3, 0.4) is 0 Å². The van der Waals surface area contributed by atoms with Crippen LogP contribution in [0.1, 0.15) is 38.0 Å². The van der Waals surface area contributed by atoms with Gasteiger partial charge < -0.3 is 4.74 Å². The molecule has 12 heteroatoms. The SMILES string of the molecule is C[C@H]1C=C[C@H]2COC(=O)[C@@H]3C=C[C@H](C)n4c(=O)n(c(=O)n43)CCn3c(=O)n1n2c3=O. The minimum absolute atomic E-state index is 0.148. The van der Waals surface area contributed by atoms with E-state index in [4.69, 9.17) is 4.74 Å². The van der Waals surface area contributed by atoms with E-state index < -0.39 is 46.9 Å². The van der Waals surface area contributed by atoms with Crippen molar-refractivity contribution in [3.05, 3.63) is 66.2 Å². The number of allylic oxidation sites excluding steroid dienone is 2.